The number of benzene rings is 1. The van der Waals surface area contributed by atoms with Crippen LogP contribution in [0.3, 0.4) is 0 Å². The van der Waals surface area contributed by atoms with Crippen molar-refractivity contribution in [3.63, 3.8) is 0 Å². The first-order valence-corrected chi connectivity index (χ1v) is 6.64. The van der Waals surface area contributed by atoms with Crippen molar-refractivity contribution >= 4 is 15.9 Å². The van der Waals surface area contributed by atoms with Crippen LogP contribution in [0.2, 0.25) is 0 Å². The van der Waals surface area contributed by atoms with Gasteiger partial charge < -0.3 is 10.5 Å². The molecule has 1 unspecified atom stereocenters. The molecule has 19 heavy (non-hydrogen) atoms. The van der Waals surface area contributed by atoms with E-state index in [1.807, 2.05) is 6.08 Å². The molecule has 0 aromatic heterocycles. The molecule has 104 valence electrons. The van der Waals surface area contributed by atoms with Crippen LogP contribution in [-0.2, 0) is 10.9 Å². The van der Waals surface area contributed by atoms with Crippen LogP contribution in [0, 0.1) is 0 Å². The second-order valence-electron chi connectivity index (χ2n) is 4.31. The fraction of sp³-hybridized carbons (Fsp3) is 0.385. The number of hydrogen-bond acceptors (Lipinski definition) is 2. The zero-order valence-corrected chi connectivity index (χ0v) is 11.6. The van der Waals surface area contributed by atoms with Crippen molar-refractivity contribution in [3.05, 3.63) is 45.6 Å². The van der Waals surface area contributed by atoms with Crippen LogP contribution in [0.25, 0.3) is 0 Å². The van der Waals surface area contributed by atoms with E-state index in [0.717, 1.165) is 25.0 Å². The van der Waals surface area contributed by atoms with Gasteiger partial charge in [0.2, 0.25) is 0 Å². The summed E-state index contributed by atoms with van der Waals surface area (Å²) < 4.78 is 44.1. The van der Waals surface area contributed by atoms with Gasteiger partial charge in [-0.15, -0.1) is 0 Å². The number of alkyl halides is 3. The number of ether oxygens (including phenoxy) is 1. The molecule has 1 aromatic rings. The fourth-order valence-corrected chi connectivity index (χ4v) is 2.40. The van der Waals surface area contributed by atoms with E-state index in [1.54, 1.807) is 0 Å². The summed E-state index contributed by atoms with van der Waals surface area (Å²) >= 11 is 3.23. The van der Waals surface area contributed by atoms with Crippen LogP contribution in [0.15, 0.2) is 34.5 Å². The topological polar surface area (TPSA) is 35.2 Å². The van der Waals surface area contributed by atoms with Gasteiger partial charge in [0.1, 0.15) is 5.76 Å². The van der Waals surface area contributed by atoms with Gasteiger partial charge in [-0.1, -0.05) is 15.9 Å². The summed E-state index contributed by atoms with van der Waals surface area (Å²) in [6, 6.07) is 2.77. The molecular weight excluding hydrogens is 323 g/mol. The van der Waals surface area contributed by atoms with Crippen molar-refractivity contribution in [1.29, 1.82) is 0 Å². The van der Waals surface area contributed by atoms with Gasteiger partial charge in [-0.2, -0.15) is 13.2 Å². The van der Waals surface area contributed by atoms with E-state index >= 15 is 0 Å². The average Bonchev–Trinajstić information content (AvgIpc) is 2.38. The molecule has 2 rings (SSSR count). The Hall–Kier alpha value is -1.01. The summed E-state index contributed by atoms with van der Waals surface area (Å²) in [4.78, 5) is 0. The van der Waals surface area contributed by atoms with Crippen molar-refractivity contribution in [1.82, 2.24) is 0 Å². The second kappa shape index (κ2) is 5.54. The molecule has 2 nitrogen and oxygen atoms in total. The van der Waals surface area contributed by atoms with Gasteiger partial charge >= 0.3 is 6.18 Å². The third-order valence-corrected chi connectivity index (χ3v) is 3.65. The van der Waals surface area contributed by atoms with Crippen LogP contribution in [-0.4, -0.2) is 6.61 Å². The molecule has 1 aliphatic heterocycles. The van der Waals surface area contributed by atoms with Crippen LogP contribution < -0.4 is 5.73 Å². The first-order valence-electron chi connectivity index (χ1n) is 5.84. The molecule has 1 atom stereocenters. The molecule has 0 saturated carbocycles. The van der Waals surface area contributed by atoms with Crippen LogP contribution in [0.5, 0.6) is 0 Å². The summed E-state index contributed by atoms with van der Waals surface area (Å²) in [6.45, 7) is 0.552. The Bertz CT molecular complexity index is 499. The van der Waals surface area contributed by atoms with Crippen molar-refractivity contribution in [3.8, 4) is 0 Å². The minimum absolute atomic E-state index is 0.378. The maximum atomic E-state index is 12.7. The van der Waals surface area contributed by atoms with Gasteiger partial charge in [-0.3, -0.25) is 0 Å². The van der Waals surface area contributed by atoms with Crippen LogP contribution >= 0.6 is 15.9 Å². The predicted molar refractivity (Wildman–Crippen MR) is 69.3 cm³/mol. The summed E-state index contributed by atoms with van der Waals surface area (Å²) in [5.74, 6) is 0.534. The van der Waals surface area contributed by atoms with Gasteiger partial charge in [0.15, 0.2) is 0 Å². The largest absolute Gasteiger partial charge is 0.496 e. The minimum Gasteiger partial charge on any atom is -0.496 e. The molecule has 0 spiro atoms. The van der Waals surface area contributed by atoms with Gasteiger partial charge in [-0.25, -0.2) is 0 Å². The fourth-order valence-electron chi connectivity index (χ4n) is 1.91. The van der Waals surface area contributed by atoms with Gasteiger partial charge in [0.05, 0.1) is 18.2 Å². The van der Waals surface area contributed by atoms with Crippen LogP contribution in [0.1, 0.15) is 30.0 Å². The average molecular weight is 336 g/mol. The molecule has 1 heterocycles. The highest BCUT2D eigenvalue weighted by molar-refractivity contribution is 9.10. The molecule has 2 N–H and O–H groups in total. The molecule has 0 fully saturated rings. The highest BCUT2D eigenvalue weighted by Gasteiger charge is 2.32. The first kappa shape index (κ1) is 14.4. The highest BCUT2D eigenvalue weighted by Crippen LogP contribution is 2.35. The Balaban J connectivity index is 2.35. The summed E-state index contributed by atoms with van der Waals surface area (Å²) in [6.07, 6.45) is -0.808. The molecule has 0 amide bonds. The number of hydrogen-bond donors (Lipinski definition) is 1. The van der Waals surface area contributed by atoms with E-state index in [0.29, 0.717) is 22.4 Å². The van der Waals surface area contributed by atoms with E-state index in [2.05, 4.69) is 15.9 Å². The lowest BCUT2D eigenvalue weighted by molar-refractivity contribution is -0.137. The van der Waals surface area contributed by atoms with Gasteiger partial charge in [-0.05, 0) is 42.7 Å². The lowest BCUT2D eigenvalue weighted by atomic mass is 10.0. The van der Waals surface area contributed by atoms with E-state index in [-0.39, 0.29) is 0 Å². The number of rotatable bonds is 2. The maximum Gasteiger partial charge on any atom is 0.416 e. The Kier molecular flexibility index (Phi) is 4.20. The third-order valence-electron chi connectivity index (χ3n) is 2.93. The molecule has 6 heteroatoms. The quantitative estimate of drug-likeness (QED) is 0.880. The second-order valence-corrected chi connectivity index (χ2v) is 5.16. The molecule has 0 radical (unpaired) electrons. The Labute approximate surface area is 117 Å². The summed E-state index contributed by atoms with van der Waals surface area (Å²) in [5.41, 5.74) is 5.66. The molecule has 1 aromatic carbocycles. The van der Waals surface area contributed by atoms with E-state index in [4.69, 9.17) is 10.5 Å². The molecule has 0 aliphatic carbocycles. The normalized spacial score (nSPS) is 17.6. The summed E-state index contributed by atoms with van der Waals surface area (Å²) in [5, 5.41) is 0. The number of nitrogens with two attached hydrogens (primary N) is 1. The van der Waals surface area contributed by atoms with Gasteiger partial charge in [0.25, 0.3) is 0 Å². The van der Waals surface area contributed by atoms with E-state index in [1.165, 1.54) is 6.07 Å². The van der Waals surface area contributed by atoms with Crippen molar-refractivity contribution in [2.24, 2.45) is 5.73 Å². The molecular formula is C13H13BrF3NO. The smallest absolute Gasteiger partial charge is 0.416 e. The first-order chi connectivity index (χ1) is 8.89. The Morgan fingerprint density at radius 2 is 2.05 bits per heavy atom. The molecule has 0 saturated heterocycles. The standard InChI is InChI=1S/C13H13BrF3NO/c14-10-5-4-8(13(15,16)17)7-9(10)12(18)11-3-1-2-6-19-11/h3-5,7,12H,1-2,6,18H2. The maximum absolute atomic E-state index is 12.7. The number of halogens is 4. The zero-order valence-electron chi connectivity index (χ0n) is 10.0. The van der Waals surface area contributed by atoms with E-state index in [9.17, 15) is 13.2 Å². The molecule has 0 bridgehead atoms. The Morgan fingerprint density at radius 1 is 1.32 bits per heavy atom. The predicted octanol–water partition coefficient (Wildman–Crippen LogP) is 4.16. The van der Waals surface area contributed by atoms with E-state index < -0.39 is 17.8 Å². The van der Waals surface area contributed by atoms with Gasteiger partial charge in [0, 0.05) is 4.47 Å². The number of allylic oxidation sites excluding steroid dienone is 1. The Morgan fingerprint density at radius 3 is 2.63 bits per heavy atom. The summed E-state index contributed by atoms with van der Waals surface area (Å²) in [7, 11) is 0. The monoisotopic (exact) mass is 335 g/mol. The van der Waals surface area contributed by atoms with Crippen molar-refractivity contribution in [2.75, 3.05) is 6.61 Å². The van der Waals surface area contributed by atoms with Crippen molar-refractivity contribution < 1.29 is 17.9 Å². The molecule has 1 aliphatic rings. The third kappa shape index (κ3) is 3.30. The minimum atomic E-state index is -4.38. The zero-order chi connectivity index (χ0) is 14.0. The SMILES string of the molecule is NC(C1=CCCCO1)c1cc(C(F)(F)F)ccc1Br. The highest BCUT2D eigenvalue weighted by atomic mass is 79.9. The van der Waals surface area contributed by atoms with Crippen molar-refractivity contribution in [2.45, 2.75) is 25.1 Å². The lowest BCUT2D eigenvalue weighted by Crippen LogP contribution is -2.19. The van der Waals surface area contributed by atoms with Crippen LogP contribution in [0.4, 0.5) is 13.2 Å². The lowest BCUT2D eigenvalue weighted by Gasteiger charge is -2.22.